The first-order valence-corrected chi connectivity index (χ1v) is 5.93. The van der Waals surface area contributed by atoms with E-state index in [0.717, 1.165) is 0 Å². The lowest BCUT2D eigenvalue weighted by atomic mass is 9.98. The second kappa shape index (κ2) is 5.49. The van der Waals surface area contributed by atoms with Crippen molar-refractivity contribution >= 4 is 11.9 Å². The molecule has 0 aromatic rings. The van der Waals surface area contributed by atoms with Gasteiger partial charge in [0.25, 0.3) is 0 Å². The number of rotatable bonds is 6. The summed E-state index contributed by atoms with van der Waals surface area (Å²) in [5.41, 5.74) is -0.253. The van der Waals surface area contributed by atoms with E-state index in [9.17, 15) is 9.59 Å². The molecule has 1 aliphatic heterocycles. The minimum Gasteiger partial charge on any atom is -0.465 e. The first-order valence-electron chi connectivity index (χ1n) is 5.93. The van der Waals surface area contributed by atoms with Crippen LogP contribution in [0.25, 0.3) is 0 Å². The van der Waals surface area contributed by atoms with Gasteiger partial charge in [-0.1, -0.05) is 0 Å². The smallest absolute Gasteiger partial charge is 0.320 e. The number of esters is 2. The number of hydrogen-bond acceptors (Lipinski definition) is 5. The van der Waals surface area contributed by atoms with Crippen molar-refractivity contribution in [2.45, 2.75) is 45.8 Å². The zero-order valence-corrected chi connectivity index (χ0v) is 10.8. The summed E-state index contributed by atoms with van der Waals surface area (Å²) in [6, 6.07) is 0. The Morgan fingerprint density at radius 2 is 1.59 bits per heavy atom. The molecule has 0 aliphatic carbocycles. The summed E-state index contributed by atoms with van der Waals surface area (Å²) >= 11 is 0. The van der Waals surface area contributed by atoms with Crippen LogP contribution in [0, 0.1) is 5.92 Å². The van der Waals surface area contributed by atoms with E-state index in [2.05, 4.69) is 0 Å². The first-order chi connectivity index (χ1) is 7.92. The number of epoxide rings is 1. The Morgan fingerprint density at radius 3 is 1.88 bits per heavy atom. The van der Waals surface area contributed by atoms with Gasteiger partial charge in [0, 0.05) is 6.42 Å². The van der Waals surface area contributed by atoms with Gasteiger partial charge in [0.05, 0.1) is 24.9 Å². The molecule has 0 saturated carbocycles. The zero-order valence-electron chi connectivity index (χ0n) is 10.8. The summed E-state index contributed by atoms with van der Waals surface area (Å²) < 4.78 is 15.1. The third-order valence-electron chi connectivity index (χ3n) is 2.76. The molecule has 17 heavy (non-hydrogen) atoms. The van der Waals surface area contributed by atoms with E-state index in [1.165, 1.54) is 0 Å². The molecule has 1 fully saturated rings. The van der Waals surface area contributed by atoms with Crippen molar-refractivity contribution in [1.82, 2.24) is 0 Å². The predicted molar refractivity (Wildman–Crippen MR) is 60.3 cm³/mol. The number of carbonyl (C=O) groups excluding carboxylic acids is 2. The molecule has 0 amide bonds. The fourth-order valence-corrected chi connectivity index (χ4v) is 1.65. The van der Waals surface area contributed by atoms with E-state index < -0.39 is 17.9 Å². The summed E-state index contributed by atoms with van der Waals surface area (Å²) in [7, 11) is 0. The summed E-state index contributed by atoms with van der Waals surface area (Å²) in [6.45, 7) is 7.76. The van der Waals surface area contributed by atoms with Crippen LogP contribution in [-0.2, 0) is 23.8 Å². The number of hydrogen-bond donors (Lipinski definition) is 0. The fourth-order valence-electron chi connectivity index (χ4n) is 1.65. The van der Waals surface area contributed by atoms with Gasteiger partial charge in [-0.25, -0.2) is 0 Å². The highest BCUT2D eigenvalue weighted by atomic mass is 16.6. The Hall–Kier alpha value is -1.10. The number of carbonyl (C=O) groups is 2. The van der Waals surface area contributed by atoms with Gasteiger partial charge in [-0.05, 0) is 27.7 Å². The van der Waals surface area contributed by atoms with Crippen molar-refractivity contribution in [3.8, 4) is 0 Å². The van der Waals surface area contributed by atoms with Gasteiger partial charge < -0.3 is 14.2 Å². The largest absolute Gasteiger partial charge is 0.465 e. The summed E-state index contributed by atoms with van der Waals surface area (Å²) in [5.74, 6) is -1.93. The molecule has 1 heterocycles. The van der Waals surface area contributed by atoms with Crippen LogP contribution in [0.2, 0.25) is 0 Å². The molecule has 1 aliphatic rings. The fraction of sp³-hybridized carbons (Fsp3) is 0.833. The van der Waals surface area contributed by atoms with Crippen LogP contribution < -0.4 is 0 Å². The van der Waals surface area contributed by atoms with Crippen LogP contribution in [0.4, 0.5) is 0 Å². The Balaban J connectivity index is 2.59. The average Bonchev–Trinajstić information content (AvgIpc) is 2.83. The lowest BCUT2D eigenvalue weighted by molar-refractivity contribution is -0.162. The highest BCUT2D eigenvalue weighted by Crippen LogP contribution is 2.39. The average molecular weight is 244 g/mol. The highest BCUT2D eigenvalue weighted by molar-refractivity contribution is 5.95. The molecule has 1 rings (SSSR count). The van der Waals surface area contributed by atoms with Crippen molar-refractivity contribution in [2.75, 3.05) is 13.2 Å². The van der Waals surface area contributed by atoms with Crippen molar-refractivity contribution < 1.29 is 23.8 Å². The second-order valence-corrected chi connectivity index (χ2v) is 4.50. The van der Waals surface area contributed by atoms with Crippen LogP contribution in [-0.4, -0.2) is 36.9 Å². The van der Waals surface area contributed by atoms with Gasteiger partial charge in [-0.15, -0.1) is 0 Å². The Morgan fingerprint density at radius 1 is 1.18 bits per heavy atom. The lowest BCUT2D eigenvalue weighted by Crippen LogP contribution is -2.30. The standard InChI is InChI=1S/C12H20O5/c1-5-15-10(13)8(11(14)16-6-2)7-9-12(3,4)17-9/h8-9H,5-7H2,1-4H3. The van der Waals surface area contributed by atoms with Crippen molar-refractivity contribution in [3.63, 3.8) is 0 Å². The van der Waals surface area contributed by atoms with E-state index in [4.69, 9.17) is 14.2 Å². The molecule has 0 radical (unpaired) electrons. The van der Waals surface area contributed by atoms with E-state index in [1.807, 2.05) is 13.8 Å². The van der Waals surface area contributed by atoms with Gasteiger partial charge in [0.2, 0.25) is 0 Å². The zero-order chi connectivity index (χ0) is 13.1. The Kier molecular flexibility index (Phi) is 4.51. The molecule has 5 heteroatoms. The molecule has 5 nitrogen and oxygen atoms in total. The monoisotopic (exact) mass is 244 g/mol. The molecule has 0 N–H and O–H groups in total. The van der Waals surface area contributed by atoms with Crippen LogP contribution >= 0.6 is 0 Å². The Labute approximate surface area is 101 Å². The maximum absolute atomic E-state index is 11.7. The van der Waals surface area contributed by atoms with Gasteiger partial charge >= 0.3 is 11.9 Å². The third-order valence-corrected chi connectivity index (χ3v) is 2.76. The molecule has 0 bridgehead atoms. The van der Waals surface area contributed by atoms with Crippen molar-refractivity contribution in [2.24, 2.45) is 5.92 Å². The normalized spacial score (nSPS) is 21.1. The van der Waals surface area contributed by atoms with Gasteiger partial charge in [0.15, 0.2) is 5.92 Å². The maximum atomic E-state index is 11.7. The highest BCUT2D eigenvalue weighted by Gasteiger charge is 2.51. The maximum Gasteiger partial charge on any atom is 0.320 e. The van der Waals surface area contributed by atoms with Crippen LogP contribution in [0.1, 0.15) is 34.1 Å². The topological polar surface area (TPSA) is 65.1 Å². The SMILES string of the molecule is CCOC(=O)C(CC1OC1(C)C)C(=O)OCC. The molecule has 1 unspecified atom stereocenters. The number of ether oxygens (including phenoxy) is 3. The van der Waals surface area contributed by atoms with E-state index in [1.54, 1.807) is 13.8 Å². The predicted octanol–water partition coefficient (Wildman–Crippen LogP) is 1.30. The summed E-state index contributed by atoms with van der Waals surface area (Å²) in [6.07, 6.45) is 0.242. The van der Waals surface area contributed by atoms with Crippen molar-refractivity contribution in [3.05, 3.63) is 0 Å². The van der Waals surface area contributed by atoms with Crippen molar-refractivity contribution in [1.29, 1.82) is 0 Å². The molecular weight excluding hydrogens is 224 g/mol. The van der Waals surface area contributed by atoms with Gasteiger partial charge in [0.1, 0.15) is 0 Å². The molecule has 0 aromatic heterocycles. The summed E-state index contributed by atoms with van der Waals surface area (Å²) in [5, 5.41) is 0. The van der Waals surface area contributed by atoms with E-state index >= 15 is 0 Å². The summed E-state index contributed by atoms with van der Waals surface area (Å²) in [4.78, 5) is 23.3. The first kappa shape index (κ1) is 14.0. The molecule has 98 valence electrons. The molecule has 1 atom stereocenters. The minimum atomic E-state index is -0.873. The van der Waals surface area contributed by atoms with Gasteiger partial charge in [-0.2, -0.15) is 0 Å². The van der Waals surface area contributed by atoms with E-state index in [0.29, 0.717) is 6.42 Å². The van der Waals surface area contributed by atoms with Crippen LogP contribution in [0.3, 0.4) is 0 Å². The third kappa shape index (κ3) is 3.70. The second-order valence-electron chi connectivity index (χ2n) is 4.50. The van der Waals surface area contributed by atoms with E-state index in [-0.39, 0.29) is 24.9 Å². The van der Waals surface area contributed by atoms with Gasteiger partial charge in [-0.3, -0.25) is 9.59 Å². The quantitative estimate of drug-likeness (QED) is 0.400. The lowest BCUT2D eigenvalue weighted by Gasteiger charge is -2.13. The molecule has 1 saturated heterocycles. The minimum absolute atomic E-state index is 0.0821. The van der Waals surface area contributed by atoms with Crippen LogP contribution in [0.15, 0.2) is 0 Å². The molecule has 0 aromatic carbocycles. The molecular formula is C12H20O5. The van der Waals surface area contributed by atoms with Crippen LogP contribution in [0.5, 0.6) is 0 Å². The Bertz CT molecular complexity index is 279. The molecule has 0 spiro atoms.